The number of rotatable bonds is 4. The molecule has 3 nitrogen and oxygen atoms in total. The molecule has 0 spiro atoms. The summed E-state index contributed by atoms with van der Waals surface area (Å²) < 4.78 is 0. The second-order valence-electron chi connectivity index (χ2n) is 8.81. The number of hydrogen-bond donors (Lipinski definition) is 0. The SMILES string of the molecule is CC(C)(C)c1ccc(C(=O)N2CCCC[C@@H]2CCN2CCCC2)cc1. The molecule has 0 aromatic heterocycles. The maximum atomic E-state index is 13.1. The van der Waals surface area contributed by atoms with Crippen molar-refractivity contribution in [2.24, 2.45) is 0 Å². The average molecular weight is 343 g/mol. The van der Waals surface area contributed by atoms with Gasteiger partial charge in [-0.05, 0) is 74.7 Å². The van der Waals surface area contributed by atoms with E-state index in [1.54, 1.807) is 0 Å². The van der Waals surface area contributed by atoms with Gasteiger partial charge in [-0.25, -0.2) is 0 Å². The topological polar surface area (TPSA) is 23.6 Å². The molecule has 1 atom stereocenters. The highest BCUT2D eigenvalue weighted by atomic mass is 16.2. The first kappa shape index (κ1) is 18.4. The maximum absolute atomic E-state index is 13.1. The van der Waals surface area contributed by atoms with Gasteiger partial charge in [-0.15, -0.1) is 0 Å². The van der Waals surface area contributed by atoms with Crippen molar-refractivity contribution in [1.82, 2.24) is 9.80 Å². The van der Waals surface area contributed by atoms with Crippen LogP contribution in [-0.4, -0.2) is 47.9 Å². The van der Waals surface area contributed by atoms with Gasteiger partial charge >= 0.3 is 0 Å². The van der Waals surface area contributed by atoms with Gasteiger partial charge in [0.05, 0.1) is 0 Å². The lowest BCUT2D eigenvalue weighted by molar-refractivity contribution is 0.0588. The second kappa shape index (κ2) is 7.90. The fourth-order valence-electron chi connectivity index (χ4n) is 4.18. The molecule has 1 aromatic rings. The molecule has 2 saturated heterocycles. The summed E-state index contributed by atoms with van der Waals surface area (Å²) in [5.74, 6) is 0.228. The molecule has 3 rings (SSSR count). The van der Waals surface area contributed by atoms with E-state index in [0.717, 1.165) is 31.5 Å². The smallest absolute Gasteiger partial charge is 0.254 e. The molecule has 1 amide bonds. The number of carbonyl (C=O) groups is 1. The molecule has 0 bridgehead atoms. The number of hydrogen-bond acceptors (Lipinski definition) is 2. The van der Waals surface area contributed by atoms with Crippen LogP contribution < -0.4 is 0 Å². The summed E-state index contributed by atoms with van der Waals surface area (Å²) >= 11 is 0. The molecule has 25 heavy (non-hydrogen) atoms. The van der Waals surface area contributed by atoms with E-state index in [4.69, 9.17) is 0 Å². The zero-order valence-electron chi connectivity index (χ0n) is 16.3. The quantitative estimate of drug-likeness (QED) is 0.806. The fraction of sp³-hybridized carbons (Fsp3) is 0.682. The summed E-state index contributed by atoms with van der Waals surface area (Å²) in [7, 11) is 0. The molecule has 2 heterocycles. The zero-order chi connectivity index (χ0) is 17.9. The van der Waals surface area contributed by atoms with Crippen molar-refractivity contribution in [1.29, 1.82) is 0 Å². The van der Waals surface area contributed by atoms with Crippen molar-refractivity contribution in [3.05, 3.63) is 35.4 Å². The third kappa shape index (κ3) is 4.63. The van der Waals surface area contributed by atoms with Gasteiger partial charge < -0.3 is 9.80 Å². The predicted molar refractivity (Wildman–Crippen MR) is 104 cm³/mol. The van der Waals surface area contributed by atoms with Gasteiger partial charge in [0.2, 0.25) is 0 Å². The lowest BCUT2D eigenvalue weighted by atomic mass is 9.86. The number of carbonyl (C=O) groups excluding carboxylic acids is 1. The van der Waals surface area contributed by atoms with Crippen molar-refractivity contribution >= 4 is 5.91 Å². The first-order chi connectivity index (χ1) is 11.9. The molecule has 0 radical (unpaired) electrons. The summed E-state index contributed by atoms with van der Waals surface area (Å²) in [6.07, 6.45) is 7.38. The van der Waals surface area contributed by atoms with Crippen LogP contribution >= 0.6 is 0 Å². The van der Waals surface area contributed by atoms with E-state index in [1.165, 1.54) is 44.3 Å². The van der Waals surface area contributed by atoms with Gasteiger partial charge in [0.1, 0.15) is 0 Å². The van der Waals surface area contributed by atoms with Crippen LogP contribution in [0.25, 0.3) is 0 Å². The summed E-state index contributed by atoms with van der Waals surface area (Å²) in [4.78, 5) is 17.8. The lowest BCUT2D eigenvalue weighted by Crippen LogP contribution is -2.45. The van der Waals surface area contributed by atoms with E-state index in [1.807, 2.05) is 12.1 Å². The van der Waals surface area contributed by atoms with Crippen LogP contribution in [0.2, 0.25) is 0 Å². The minimum atomic E-state index is 0.130. The van der Waals surface area contributed by atoms with Crippen molar-refractivity contribution in [3.63, 3.8) is 0 Å². The Labute approximate surface area is 153 Å². The number of amides is 1. The van der Waals surface area contributed by atoms with Crippen LogP contribution in [0.5, 0.6) is 0 Å². The molecular weight excluding hydrogens is 308 g/mol. The van der Waals surface area contributed by atoms with E-state index in [0.29, 0.717) is 6.04 Å². The van der Waals surface area contributed by atoms with Crippen molar-refractivity contribution in [2.45, 2.75) is 70.8 Å². The molecule has 2 aliphatic heterocycles. The van der Waals surface area contributed by atoms with Crippen molar-refractivity contribution in [3.8, 4) is 0 Å². The Morgan fingerprint density at radius 1 is 1.00 bits per heavy atom. The minimum absolute atomic E-state index is 0.130. The Balaban J connectivity index is 1.65. The molecule has 0 aliphatic carbocycles. The van der Waals surface area contributed by atoms with Gasteiger partial charge in [-0.3, -0.25) is 4.79 Å². The van der Waals surface area contributed by atoms with E-state index in [2.05, 4.69) is 42.7 Å². The maximum Gasteiger partial charge on any atom is 0.254 e. The summed E-state index contributed by atoms with van der Waals surface area (Å²) in [6, 6.07) is 8.71. The molecular formula is C22H34N2O. The van der Waals surface area contributed by atoms with E-state index >= 15 is 0 Å². The van der Waals surface area contributed by atoms with Gasteiger partial charge in [0, 0.05) is 24.7 Å². The third-order valence-electron chi connectivity index (χ3n) is 5.86. The van der Waals surface area contributed by atoms with Crippen LogP contribution in [0.4, 0.5) is 0 Å². The molecule has 0 N–H and O–H groups in total. The normalized spacial score (nSPS) is 22.4. The molecule has 2 fully saturated rings. The molecule has 0 unspecified atom stereocenters. The second-order valence-corrected chi connectivity index (χ2v) is 8.81. The van der Waals surface area contributed by atoms with Gasteiger partial charge in [-0.1, -0.05) is 32.9 Å². The Kier molecular flexibility index (Phi) is 5.83. The minimum Gasteiger partial charge on any atom is -0.336 e. The largest absolute Gasteiger partial charge is 0.336 e. The summed E-state index contributed by atoms with van der Waals surface area (Å²) in [6.45, 7) is 11.2. The van der Waals surface area contributed by atoms with E-state index in [-0.39, 0.29) is 11.3 Å². The molecule has 1 aromatic carbocycles. The molecule has 2 aliphatic rings. The molecule has 0 saturated carbocycles. The average Bonchev–Trinajstić information content (AvgIpc) is 3.12. The standard InChI is InChI=1S/C22H34N2O/c1-22(2,3)19-11-9-18(10-12-19)21(25)24-16-5-4-8-20(24)13-17-23-14-6-7-15-23/h9-12,20H,4-8,13-17H2,1-3H3/t20-/m1/s1. The Hall–Kier alpha value is -1.35. The van der Waals surface area contributed by atoms with Crippen LogP contribution in [0.3, 0.4) is 0 Å². The van der Waals surface area contributed by atoms with Crippen LogP contribution in [0.1, 0.15) is 75.2 Å². The van der Waals surface area contributed by atoms with Crippen LogP contribution in [-0.2, 0) is 5.41 Å². The number of piperidine rings is 1. The fourth-order valence-corrected chi connectivity index (χ4v) is 4.18. The summed E-state index contributed by atoms with van der Waals surface area (Å²) in [5.41, 5.74) is 2.26. The Morgan fingerprint density at radius 3 is 2.28 bits per heavy atom. The number of likely N-dealkylation sites (tertiary alicyclic amines) is 2. The first-order valence-corrected chi connectivity index (χ1v) is 10.1. The summed E-state index contributed by atoms with van der Waals surface area (Å²) in [5, 5.41) is 0. The number of benzene rings is 1. The van der Waals surface area contributed by atoms with Crippen molar-refractivity contribution in [2.75, 3.05) is 26.2 Å². The first-order valence-electron chi connectivity index (χ1n) is 10.1. The van der Waals surface area contributed by atoms with Gasteiger partial charge in [-0.2, -0.15) is 0 Å². The van der Waals surface area contributed by atoms with Gasteiger partial charge in [0.25, 0.3) is 5.91 Å². The molecule has 138 valence electrons. The van der Waals surface area contributed by atoms with Crippen LogP contribution in [0.15, 0.2) is 24.3 Å². The zero-order valence-corrected chi connectivity index (χ0v) is 16.3. The van der Waals surface area contributed by atoms with Gasteiger partial charge in [0.15, 0.2) is 0 Å². The van der Waals surface area contributed by atoms with E-state index in [9.17, 15) is 4.79 Å². The lowest BCUT2D eigenvalue weighted by Gasteiger charge is -2.37. The molecule has 3 heteroatoms. The third-order valence-corrected chi connectivity index (χ3v) is 5.86. The van der Waals surface area contributed by atoms with E-state index < -0.39 is 0 Å². The van der Waals surface area contributed by atoms with Crippen LogP contribution in [0, 0.1) is 0 Å². The highest BCUT2D eigenvalue weighted by molar-refractivity contribution is 5.94. The highest BCUT2D eigenvalue weighted by Crippen LogP contribution is 2.25. The predicted octanol–water partition coefficient (Wildman–Crippen LogP) is 4.46. The highest BCUT2D eigenvalue weighted by Gasteiger charge is 2.28. The number of nitrogens with zero attached hydrogens (tertiary/aromatic N) is 2. The van der Waals surface area contributed by atoms with Crippen molar-refractivity contribution < 1.29 is 4.79 Å². The Bertz CT molecular complexity index is 567. The Morgan fingerprint density at radius 2 is 1.64 bits per heavy atom. The monoisotopic (exact) mass is 342 g/mol.